The molecule has 0 aromatic carbocycles. The average Bonchev–Trinajstić information content (AvgIpc) is 2.30. The Morgan fingerprint density at radius 3 is 2.87 bits per heavy atom. The maximum Gasteiger partial charge on any atom is 0.343 e. The first kappa shape index (κ1) is 12.2. The van der Waals surface area contributed by atoms with Gasteiger partial charge in [-0.25, -0.2) is 9.79 Å². The van der Waals surface area contributed by atoms with E-state index in [4.69, 9.17) is 4.74 Å². The number of hydrogen-bond donors (Lipinski definition) is 0. The molecule has 0 unspecified atom stereocenters. The van der Waals surface area contributed by atoms with Gasteiger partial charge in [-0.1, -0.05) is 6.92 Å². The molecular formula is C11H20N2O2. The van der Waals surface area contributed by atoms with Crippen molar-refractivity contribution in [1.82, 2.24) is 4.90 Å². The first-order chi connectivity index (χ1) is 7.22. The van der Waals surface area contributed by atoms with E-state index in [1.807, 2.05) is 6.92 Å². The van der Waals surface area contributed by atoms with Gasteiger partial charge >= 0.3 is 6.03 Å². The molecule has 1 aliphatic heterocycles. The van der Waals surface area contributed by atoms with Gasteiger partial charge in [-0.05, 0) is 32.9 Å². The van der Waals surface area contributed by atoms with Gasteiger partial charge in [0.2, 0.25) is 0 Å². The van der Waals surface area contributed by atoms with Crippen LogP contribution in [0.25, 0.3) is 0 Å². The van der Waals surface area contributed by atoms with Crippen molar-refractivity contribution in [1.29, 1.82) is 0 Å². The van der Waals surface area contributed by atoms with Gasteiger partial charge < -0.3 is 9.64 Å². The van der Waals surface area contributed by atoms with Crippen molar-refractivity contribution in [3.63, 3.8) is 0 Å². The van der Waals surface area contributed by atoms with Gasteiger partial charge in [-0.15, -0.1) is 0 Å². The third-order valence-electron chi connectivity index (χ3n) is 2.96. The Morgan fingerprint density at radius 2 is 2.33 bits per heavy atom. The second kappa shape index (κ2) is 5.85. The summed E-state index contributed by atoms with van der Waals surface area (Å²) < 4.78 is 5.58. The highest BCUT2D eigenvalue weighted by Gasteiger charge is 2.28. The minimum absolute atomic E-state index is 0.209. The van der Waals surface area contributed by atoms with Crippen LogP contribution in [0.1, 0.15) is 33.1 Å². The Bertz CT molecular complexity index is 231. The number of carbonyl (C=O) groups excluding carboxylic acids is 1. The van der Waals surface area contributed by atoms with E-state index >= 15 is 0 Å². The lowest BCUT2D eigenvalue weighted by Gasteiger charge is -2.35. The number of ether oxygens (including phenoxy) is 1. The summed E-state index contributed by atoms with van der Waals surface area (Å²) in [6.45, 7) is 8.80. The van der Waals surface area contributed by atoms with Gasteiger partial charge in [-0.2, -0.15) is 0 Å². The minimum Gasteiger partial charge on any atom is -0.378 e. The molecule has 0 saturated carbocycles. The molecule has 2 atom stereocenters. The van der Waals surface area contributed by atoms with Gasteiger partial charge in [0.25, 0.3) is 0 Å². The fraction of sp³-hybridized carbons (Fsp3) is 0.818. The number of hydrogen-bond acceptors (Lipinski definition) is 2. The maximum absolute atomic E-state index is 11.5. The van der Waals surface area contributed by atoms with Crippen LogP contribution in [0.15, 0.2) is 4.99 Å². The van der Waals surface area contributed by atoms with E-state index in [1.54, 1.807) is 4.90 Å². The van der Waals surface area contributed by atoms with Crippen LogP contribution < -0.4 is 0 Å². The molecule has 1 aliphatic rings. The number of aliphatic imine (C=N–C) groups is 1. The number of rotatable bonds is 3. The fourth-order valence-electron chi connectivity index (χ4n) is 2.07. The normalized spacial score (nSPS) is 26.0. The average molecular weight is 212 g/mol. The van der Waals surface area contributed by atoms with Crippen LogP contribution in [0.2, 0.25) is 0 Å². The van der Waals surface area contributed by atoms with Crippen LogP contribution in [0.3, 0.4) is 0 Å². The molecule has 0 aromatic rings. The summed E-state index contributed by atoms with van der Waals surface area (Å²) in [6, 6.07) is 0.0611. The van der Waals surface area contributed by atoms with Crippen LogP contribution in [-0.4, -0.2) is 42.9 Å². The third-order valence-corrected chi connectivity index (χ3v) is 2.96. The largest absolute Gasteiger partial charge is 0.378 e. The van der Waals surface area contributed by atoms with Crippen molar-refractivity contribution >= 4 is 12.7 Å². The SMILES string of the molecule is C=NC(=O)N(CC)[C@H]1CCO[C@@H](CC)C1. The molecule has 15 heavy (non-hydrogen) atoms. The molecule has 1 heterocycles. The number of urea groups is 1. The van der Waals surface area contributed by atoms with E-state index in [0.717, 1.165) is 25.9 Å². The van der Waals surface area contributed by atoms with Crippen LogP contribution in [0, 0.1) is 0 Å². The lowest BCUT2D eigenvalue weighted by molar-refractivity contribution is -0.0183. The van der Waals surface area contributed by atoms with E-state index in [-0.39, 0.29) is 18.2 Å². The molecule has 4 heteroatoms. The van der Waals surface area contributed by atoms with E-state index in [2.05, 4.69) is 18.6 Å². The van der Waals surface area contributed by atoms with Crippen LogP contribution in [-0.2, 0) is 4.74 Å². The molecule has 0 spiro atoms. The zero-order valence-electron chi connectivity index (χ0n) is 9.61. The van der Waals surface area contributed by atoms with Crippen LogP contribution in [0.5, 0.6) is 0 Å². The maximum atomic E-state index is 11.5. The Hall–Kier alpha value is -0.900. The zero-order valence-corrected chi connectivity index (χ0v) is 9.61. The molecular weight excluding hydrogens is 192 g/mol. The molecule has 0 N–H and O–H groups in total. The predicted octanol–water partition coefficient (Wildman–Crippen LogP) is 2.09. The first-order valence-electron chi connectivity index (χ1n) is 5.61. The van der Waals surface area contributed by atoms with Gasteiger partial charge in [0, 0.05) is 19.2 Å². The molecule has 86 valence electrons. The van der Waals surface area contributed by atoms with Crippen molar-refractivity contribution in [3.05, 3.63) is 0 Å². The molecule has 1 rings (SSSR count). The van der Waals surface area contributed by atoms with Crippen molar-refractivity contribution in [3.8, 4) is 0 Å². The van der Waals surface area contributed by atoms with Gasteiger partial charge in [0.15, 0.2) is 0 Å². The molecule has 1 fully saturated rings. The summed E-state index contributed by atoms with van der Waals surface area (Å²) in [5.74, 6) is 0. The molecule has 0 aliphatic carbocycles. The topological polar surface area (TPSA) is 41.9 Å². The van der Waals surface area contributed by atoms with Crippen molar-refractivity contribution in [2.24, 2.45) is 4.99 Å². The van der Waals surface area contributed by atoms with E-state index in [0.29, 0.717) is 6.54 Å². The fourth-order valence-corrected chi connectivity index (χ4v) is 2.07. The first-order valence-corrected chi connectivity index (χ1v) is 5.61. The lowest BCUT2D eigenvalue weighted by atomic mass is 10.0. The second-order valence-corrected chi connectivity index (χ2v) is 3.81. The monoisotopic (exact) mass is 212 g/mol. The Balaban J connectivity index is 2.59. The summed E-state index contributed by atoms with van der Waals surface area (Å²) in [7, 11) is 0. The molecule has 1 saturated heterocycles. The quantitative estimate of drug-likeness (QED) is 0.672. The van der Waals surface area contributed by atoms with Crippen molar-refractivity contribution in [2.45, 2.75) is 45.3 Å². The number of nitrogens with zero attached hydrogens (tertiary/aromatic N) is 2. The standard InChI is InChI=1S/C11H20N2O2/c1-4-10-8-9(6-7-15-10)13(5-2)11(14)12-3/h9-10H,3-8H2,1-2H3/t9-,10-/m0/s1. The second-order valence-electron chi connectivity index (χ2n) is 3.81. The highest BCUT2D eigenvalue weighted by atomic mass is 16.5. The minimum atomic E-state index is -0.209. The van der Waals surface area contributed by atoms with Gasteiger partial charge in [0.05, 0.1) is 6.10 Å². The number of amides is 2. The number of carbonyl (C=O) groups is 1. The molecule has 0 bridgehead atoms. The van der Waals surface area contributed by atoms with E-state index in [1.165, 1.54) is 0 Å². The van der Waals surface area contributed by atoms with Crippen molar-refractivity contribution in [2.75, 3.05) is 13.2 Å². The Labute approximate surface area is 91.3 Å². The summed E-state index contributed by atoms with van der Waals surface area (Å²) in [5, 5.41) is 0. The summed E-state index contributed by atoms with van der Waals surface area (Å²) in [4.78, 5) is 16.8. The van der Waals surface area contributed by atoms with Gasteiger partial charge in [0.1, 0.15) is 0 Å². The summed E-state index contributed by atoms with van der Waals surface area (Å²) in [5.41, 5.74) is 0. The van der Waals surface area contributed by atoms with Gasteiger partial charge in [-0.3, -0.25) is 0 Å². The molecule has 2 amide bonds. The molecule has 0 aromatic heterocycles. The lowest BCUT2D eigenvalue weighted by Crippen LogP contribution is -2.44. The van der Waals surface area contributed by atoms with Crippen LogP contribution in [0.4, 0.5) is 4.79 Å². The Morgan fingerprint density at radius 1 is 1.60 bits per heavy atom. The Kier molecular flexibility index (Phi) is 4.75. The van der Waals surface area contributed by atoms with Crippen molar-refractivity contribution < 1.29 is 9.53 Å². The predicted molar refractivity (Wildman–Crippen MR) is 60.4 cm³/mol. The van der Waals surface area contributed by atoms with E-state index in [9.17, 15) is 4.79 Å². The smallest absolute Gasteiger partial charge is 0.343 e. The third kappa shape index (κ3) is 3.02. The summed E-state index contributed by atoms with van der Waals surface area (Å²) >= 11 is 0. The van der Waals surface area contributed by atoms with E-state index < -0.39 is 0 Å². The highest BCUT2D eigenvalue weighted by molar-refractivity contribution is 5.79. The summed E-state index contributed by atoms with van der Waals surface area (Å²) in [6.07, 6.45) is 3.12. The zero-order chi connectivity index (χ0) is 11.3. The van der Waals surface area contributed by atoms with Crippen LogP contribution >= 0.6 is 0 Å². The highest BCUT2D eigenvalue weighted by Crippen LogP contribution is 2.21. The molecule has 0 radical (unpaired) electrons. The molecule has 4 nitrogen and oxygen atoms in total.